The van der Waals surface area contributed by atoms with Gasteiger partial charge in [-0.2, -0.15) is 0 Å². The van der Waals surface area contributed by atoms with Gasteiger partial charge in [0.05, 0.1) is 36.2 Å². The van der Waals surface area contributed by atoms with E-state index in [1.165, 1.54) is 7.11 Å². The third-order valence-corrected chi connectivity index (χ3v) is 7.59. The molecule has 2 amide bonds. The SMILES string of the molecule is COC(=O)N[C@H](C(=O)N1CCC[C@H]1c1cnc(-c2ccc(B3OC(C)(C)C(C)(C)O3)cc2)[nH]1)C(C)C. The van der Waals surface area contributed by atoms with E-state index in [9.17, 15) is 9.59 Å². The van der Waals surface area contributed by atoms with Crippen molar-refractivity contribution in [1.82, 2.24) is 20.2 Å². The first-order chi connectivity index (χ1) is 16.9. The van der Waals surface area contributed by atoms with Crippen molar-refractivity contribution in [3.8, 4) is 11.4 Å². The van der Waals surface area contributed by atoms with Gasteiger partial charge in [0.2, 0.25) is 5.91 Å². The van der Waals surface area contributed by atoms with E-state index in [4.69, 9.17) is 14.0 Å². The average Bonchev–Trinajstić information content (AvgIpc) is 3.54. The summed E-state index contributed by atoms with van der Waals surface area (Å²) >= 11 is 0. The van der Waals surface area contributed by atoms with Crippen LogP contribution in [0.4, 0.5) is 4.79 Å². The van der Waals surface area contributed by atoms with Crippen LogP contribution in [0.3, 0.4) is 0 Å². The van der Waals surface area contributed by atoms with Crippen LogP contribution in [0.1, 0.15) is 66.1 Å². The Labute approximate surface area is 213 Å². The molecule has 2 aliphatic heterocycles. The number of hydrogen-bond donors (Lipinski definition) is 2. The summed E-state index contributed by atoms with van der Waals surface area (Å²) in [5.74, 6) is 0.552. The number of alkyl carbamates (subject to hydrolysis) is 1. The molecular weight excluding hydrogens is 459 g/mol. The molecule has 10 heteroatoms. The van der Waals surface area contributed by atoms with Gasteiger partial charge in [-0.1, -0.05) is 38.1 Å². The van der Waals surface area contributed by atoms with E-state index in [1.54, 1.807) is 6.20 Å². The molecule has 3 heterocycles. The Morgan fingerprint density at radius 1 is 1.17 bits per heavy atom. The molecule has 2 N–H and O–H groups in total. The first-order valence-electron chi connectivity index (χ1n) is 12.6. The first-order valence-corrected chi connectivity index (χ1v) is 12.6. The van der Waals surface area contributed by atoms with Gasteiger partial charge in [0, 0.05) is 12.1 Å². The van der Waals surface area contributed by atoms with E-state index in [1.807, 2.05) is 70.7 Å². The minimum atomic E-state index is -0.650. The molecule has 4 rings (SSSR count). The van der Waals surface area contributed by atoms with Gasteiger partial charge >= 0.3 is 13.2 Å². The summed E-state index contributed by atoms with van der Waals surface area (Å²) in [5, 5.41) is 2.69. The van der Waals surface area contributed by atoms with Crippen LogP contribution in [0.5, 0.6) is 0 Å². The van der Waals surface area contributed by atoms with Crippen molar-refractivity contribution >= 4 is 24.6 Å². The zero-order chi connectivity index (χ0) is 26.3. The van der Waals surface area contributed by atoms with Crippen LogP contribution in [0.2, 0.25) is 0 Å². The predicted molar refractivity (Wildman–Crippen MR) is 138 cm³/mol. The van der Waals surface area contributed by atoms with Crippen molar-refractivity contribution in [2.45, 2.75) is 77.7 Å². The fourth-order valence-electron chi connectivity index (χ4n) is 4.66. The normalized spacial score (nSPS) is 21.6. The van der Waals surface area contributed by atoms with Gasteiger partial charge in [-0.15, -0.1) is 0 Å². The van der Waals surface area contributed by atoms with Gasteiger partial charge in [-0.25, -0.2) is 9.78 Å². The molecule has 0 bridgehead atoms. The Balaban J connectivity index is 1.48. The second kappa shape index (κ2) is 9.90. The lowest BCUT2D eigenvalue weighted by Gasteiger charge is -2.32. The van der Waals surface area contributed by atoms with Gasteiger partial charge in [0.1, 0.15) is 11.9 Å². The number of aromatic amines is 1. The molecule has 0 aliphatic carbocycles. The number of methoxy groups -OCH3 is 1. The third kappa shape index (κ3) is 5.02. The van der Waals surface area contributed by atoms with E-state index in [-0.39, 0.29) is 17.9 Å². The highest BCUT2D eigenvalue weighted by molar-refractivity contribution is 6.62. The van der Waals surface area contributed by atoms with E-state index in [2.05, 4.69) is 15.3 Å². The maximum atomic E-state index is 13.4. The highest BCUT2D eigenvalue weighted by Gasteiger charge is 2.51. The lowest BCUT2D eigenvalue weighted by Crippen LogP contribution is -2.51. The monoisotopic (exact) mass is 496 g/mol. The van der Waals surface area contributed by atoms with Crippen LogP contribution in [-0.2, 0) is 18.8 Å². The zero-order valence-corrected chi connectivity index (χ0v) is 22.3. The molecular formula is C26H37BN4O5. The van der Waals surface area contributed by atoms with Gasteiger partial charge in [-0.3, -0.25) is 4.79 Å². The molecule has 1 aromatic heterocycles. The maximum Gasteiger partial charge on any atom is 0.494 e. The number of aromatic nitrogens is 2. The van der Waals surface area contributed by atoms with Gasteiger partial charge in [0.15, 0.2) is 0 Å². The maximum absolute atomic E-state index is 13.4. The summed E-state index contributed by atoms with van der Waals surface area (Å²) in [6, 6.07) is 7.21. The number of benzene rings is 1. The van der Waals surface area contributed by atoms with E-state index < -0.39 is 30.5 Å². The Hall–Kier alpha value is -2.85. The van der Waals surface area contributed by atoms with Crippen LogP contribution in [0, 0.1) is 5.92 Å². The topological polar surface area (TPSA) is 106 Å². The smallest absolute Gasteiger partial charge is 0.453 e. The van der Waals surface area contributed by atoms with Crippen molar-refractivity contribution in [3.63, 3.8) is 0 Å². The number of likely N-dealkylation sites (tertiary alicyclic amines) is 1. The number of amides is 2. The second-order valence-corrected chi connectivity index (χ2v) is 10.9. The van der Waals surface area contributed by atoms with Gasteiger partial charge in [0.25, 0.3) is 0 Å². The van der Waals surface area contributed by atoms with Crippen molar-refractivity contribution in [1.29, 1.82) is 0 Å². The quantitative estimate of drug-likeness (QED) is 0.594. The second-order valence-electron chi connectivity index (χ2n) is 10.9. The number of carbonyl (C=O) groups excluding carboxylic acids is 2. The van der Waals surface area contributed by atoms with Crippen LogP contribution < -0.4 is 10.8 Å². The van der Waals surface area contributed by atoms with Crippen LogP contribution >= 0.6 is 0 Å². The number of carbonyl (C=O) groups is 2. The standard InChI is InChI=1S/C26H37BN4O5/c1-16(2)21(30-24(33)34-7)23(32)31-14-8-9-20(31)19-15-28-22(29-19)17-10-12-18(13-11-17)27-35-25(3,4)26(5,6)36-27/h10-13,15-16,20-21H,8-9,14H2,1-7H3,(H,28,29)(H,30,33)/t20-,21-/m0/s1. The molecule has 36 heavy (non-hydrogen) atoms. The zero-order valence-electron chi connectivity index (χ0n) is 22.3. The molecule has 9 nitrogen and oxygen atoms in total. The summed E-state index contributed by atoms with van der Waals surface area (Å²) in [5.41, 5.74) is 1.99. The first kappa shape index (κ1) is 26.2. The molecule has 2 saturated heterocycles. The van der Waals surface area contributed by atoms with Crippen LogP contribution in [0.15, 0.2) is 30.5 Å². The van der Waals surface area contributed by atoms with Crippen molar-refractivity contribution in [2.75, 3.05) is 13.7 Å². The number of nitrogens with zero attached hydrogens (tertiary/aromatic N) is 2. The van der Waals surface area contributed by atoms with Crippen molar-refractivity contribution < 1.29 is 23.6 Å². The molecule has 2 aliphatic rings. The van der Waals surface area contributed by atoms with Crippen molar-refractivity contribution in [3.05, 3.63) is 36.2 Å². The van der Waals surface area contributed by atoms with E-state index in [0.29, 0.717) is 6.54 Å². The fourth-order valence-corrected chi connectivity index (χ4v) is 4.66. The molecule has 2 fully saturated rings. The predicted octanol–water partition coefficient (Wildman–Crippen LogP) is 3.42. The molecule has 0 unspecified atom stereocenters. The number of ether oxygens (including phenoxy) is 1. The molecule has 194 valence electrons. The Bertz CT molecular complexity index is 1080. The van der Waals surface area contributed by atoms with Crippen molar-refractivity contribution in [2.24, 2.45) is 5.92 Å². The summed E-state index contributed by atoms with van der Waals surface area (Å²) in [4.78, 5) is 35.0. The summed E-state index contributed by atoms with van der Waals surface area (Å²) in [6.07, 6.45) is 2.91. The average molecular weight is 496 g/mol. The van der Waals surface area contributed by atoms with Crippen LogP contribution in [0.25, 0.3) is 11.4 Å². The Kier molecular flexibility index (Phi) is 7.21. The molecule has 1 aromatic carbocycles. The number of imidazole rings is 1. The number of hydrogen-bond acceptors (Lipinski definition) is 6. The highest BCUT2D eigenvalue weighted by Crippen LogP contribution is 2.37. The summed E-state index contributed by atoms with van der Waals surface area (Å²) in [6.45, 7) is 12.6. The van der Waals surface area contributed by atoms with E-state index >= 15 is 0 Å². The molecule has 2 atom stereocenters. The Morgan fingerprint density at radius 3 is 2.39 bits per heavy atom. The molecule has 0 saturated carbocycles. The van der Waals surface area contributed by atoms with E-state index in [0.717, 1.165) is 35.4 Å². The molecule has 0 spiro atoms. The van der Waals surface area contributed by atoms with Gasteiger partial charge < -0.3 is 29.2 Å². The minimum Gasteiger partial charge on any atom is -0.453 e. The van der Waals surface area contributed by atoms with Crippen LogP contribution in [-0.4, -0.2) is 64.9 Å². The number of rotatable bonds is 6. The molecule has 2 aromatic rings. The lowest BCUT2D eigenvalue weighted by atomic mass is 9.79. The summed E-state index contributed by atoms with van der Waals surface area (Å²) < 4.78 is 17.0. The molecule has 0 radical (unpaired) electrons. The third-order valence-electron chi connectivity index (χ3n) is 7.59. The largest absolute Gasteiger partial charge is 0.494 e. The Morgan fingerprint density at radius 2 is 1.81 bits per heavy atom. The van der Waals surface area contributed by atoms with Gasteiger partial charge in [-0.05, 0) is 51.9 Å². The minimum absolute atomic E-state index is 0.0716. The lowest BCUT2D eigenvalue weighted by molar-refractivity contribution is -0.135. The summed E-state index contributed by atoms with van der Waals surface area (Å²) in [7, 11) is 0.880. The fraction of sp³-hybridized carbons (Fsp3) is 0.577. The highest BCUT2D eigenvalue weighted by atomic mass is 16.7. The number of H-pyrrole nitrogens is 1. The number of nitrogens with one attached hydrogen (secondary N) is 2.